The Bertz CT molecular complexity index is 1710. The van der Waals surface area contributed by atoms with Crippen LogP contribution in [0.2, 0.25) is 0 Å². The summed E-state index contributed by atoms with van der Waals surface area (Å²) in [5.74, 6) is 0.583. The van der Waals surface area contributed by atoms with Crippen LogP contribution >= 0.6 is 0 Å². The molecule has 0 saturated heterocycles. The first-order chi connectivity index (χ1) is 19.0. The standard InChI is InChI=1S/C30H24N3O2.C2H4O2/c1-34-23-14-12-21(13-15-23)29-19-25(27-10-3-5-16-32(27)29)31-26-20-30(33-17-6-4-11-28(26)33)22-8-7-9-24(18-22)35-2;1-2(3)4/h3-20H,1-2H3;1H3,(H,3,4)/q+1;/p-1. The lowest BCUT2D eigenvalue weighted by Gasteiger charge is -2.04. The zero-order valence-electron chi connectivity index (χ0n) is 21.9. The Balaban J connectivity index is 0.000000723. The van der Waals surface area contributed by atoms with Crippen molar-refractivity contribution in [2.45, 2.75) is 6.92 Å². The fraction of sp³-hybridized carbons (Fsp3) is 0.0938. The molecule has 3 aromatic heterocycles. The van der Waals surface area contributed by atoms with Crippen LogP contribution in [0.25, 0.3) is 22.5 Å². The van der Waals surface area contributed by atoms with Gasteiger partial charge in [-0.05, 0) is 79.2 Å². The number of aliphatic carboxylic acids is 1. The maximum atomic E-state index is 8.89. The van der Waals surface area contributed by atoms with Crippen LogP contribution < -0.4 is 19.1 Å². The lowest BCUT2D eigenvalue weighted by atomic mass is 10.1. The van der Waals surface area contributed by atoms with Crippen LogP contribution in [0.15, 0.2) is 114 Å². The number of ether oxygens (including phenoxy) is 2. The molecule has 5 aromatic rings. The fourth-order valence-electron chi connectivity index (χ4n) is 4.57. The van der Waals surface area contributed by atoms with Crippen molar-refractivity contribution in [1.29, 1.82) is 0 Å². The summed E-state index contributed by atoms with van der Waals surface area (Å²) in [7, 11) is 3.37. The van der Waals surface area contributed by atoms with Crippen LogP contribution in [0.5, 0.6) is 11.5 Å². The summed E-state index contributed by atoms with van der Waals surface area (Å²) in [6.07, 6.45) is 6.29. The van der Waals surface area contributed by atoms with Crippen molar-refractivity contribution in [3.05, 3.63) is 121 Å². The van der Waals surface area contributed by atoms with Crippen molar-refractivity contribution in [2.24, 2.45) is 4.99 Å². The Morgan fingerprint density at radius 3 is 2.33 bits per heavy atom. The van der Waals surface area contributed by atoms with Gasteiger partial charge >= 0.3 is 0 Å². The number of benzene rings is 2. The number of aliphatic imine (C=N–C) groups is 1. The molecule has 2 aromatic carbocycles. The van der Waals surface area contributed by atoms with Crippen LogP contribution in [-0.2, 0) is 4.79 Å². The second-order valence-corrected chi connectivity index (χ2v) is 8.81. The second kappa shape index (κ2) is 11.1. The SMILES string of the molecule is CC(=O)[O-].COc1ccc(-c2cc(N=C3C=C(c4cccc(OC)c4)[n+]4ccccc43)c3ccccn23)cc1. The number of aromatic nitrogens is 2. The van der Waals surface area contributed by atoms with Gasteiger partial charge in [-0.2, -0.15) is 4.57 Å². The molecule has 6 rings (SSSR count). The van der Waals surface area contributed by atoms with Crippen LogP contribution in [-0.4, -0.2) is 30.3 Å². The largest absolute Gasteiger partial charge is 0.550 e. The van der Waals surface area contributed by atoms with Gasteiger partial charge in [-0.15, -0.1) is 0 Å². The molecule has 1 aliphatic heterocycles. The maximum Gasteiger partial charge on any atom is 0.237 e. The molecule has 0 amide bonds. The molecule has 0 aliphatic carbocycles. The van der Waals surface area contributed by atoms with E-state index in [0.717, 1.165) is 63.6 Å². The van der Waals surface area contributed by atoms with E-state index in [0.29, 0.717) is 0 Å². The highest BCUT2D eigenvalue weighted by atomic mass is 16.5. The Morgan fingerprint density at radius 2 is 1.59 bits per heavy atom. The molecule has 7 heteroatoms. The molecule has 0 saturated carbocycles. The summed E-state index contributed by atoms with van der Waals surface area (Å²) in [6, 6.07) is 30.8. The summed E-state index contributed by atoms with van der Waals surface area (Å²) in [6.45, 7) is 0.972. The van der Waals surface area contributed by atoms with Crippen molar-refractivity contribution in [2.75, 3.05) is 14.2 Å². The Hall–Kier alpha value is -5.17. The van der Waals surface area contributed by atoms with Crippen LogP contribution in [0, 0.1) is 0 Å². The van der Waals surface area contributed by atoms with Crippen LogP contribution in [0.1, 0.15) is 18.2 Å². The second-order valence-electron chi connectivity index (χ2n) is 8.81. The predicted octanol–water partition coefficient (Wildman–Crippen LogP) is 4.69. The number of hydrogen-bond acceptors (Lipinski definition) is 5. The number of rotatable bonds is 5. The molecule has 0 unspecified atom stereocenters. The normalized spacial score (nSPS) is 12.9. The summed E-state index contributed by atoms with van der Waals surface area (Å²) < 4.78 is 15.1. The number of hydrogen-bond donors (Lipinski definition) is 0. The first-order valence-electron chi connectivity index (χ1n) is 12.4. The molecule has 0 bridgehead atoms. The first kappa shape index (κ1) is 25.5. The third kappa shape index (κ3) is 5.29. The average Bonchev–Trinajstić information content (AvgIpc) is 3.52. The van der Waals surface area contributed by atoms with Gasteiger partial charge in [0.1, 0.15) is 17.2 Å². The van der Waals surface area contributed by atoms with Crippen molar-refractivity contribution in [3.63, 3.8) is 0 Å². The van der Waals surface area contributed by atoms with E-state index < -0.39 is 5.97 Å². The number of methoxy groups -OCH3 is 2. The number of carbonyl (C=O) groups is 1. The van der Waals surface area contributed by atoms with E-state index in [2.05, 4.69) is 63.8 Å². The van der Waals surface area contributed by atoms with Gasteiger partial charge in [-0.3, -0.25) is 0 Å². The zero-order valence-corrected chi connectivity index (χ0v) is 21.9. The van der Waals surface area contributed by atoms with Crippen molar-refractivity contribution >= 4 is 28.6 Å². The van der Waals surface area contributed by atoms with E-state index in [1.54, 1.807) is 14.2 Å². The minimum atomic E-state index is -1.08. The van der Waals surface area contributed by atoms with E-state index in [4.69, 9.17) is 24.4 Å². The Labute approximate surface area is 226 Å². The smallest absolute Gasteiger partial charge is 0.237 e. The molecule has 4 heterocycles. The number of carbonyl (C=O) groups excluding carboxylic acids is 1. The van der Waals surface area contributed by atoms with Gasteiger partial charge in [0.05, 0.1) is 36.7 Å². The molecule has 0 radical (unpaired) electrons. The predicted molar refractivity (Wildman–Crippen MR) is 149 cm³/mol. The zero-order chi connectivity index (χ0) is 27.4. The number of pyridine rings is 2. The topological polar surface area (TPSA) is 79.2 Å². The van der Waals surface area contributed by atoms with Gasteiger partial charge in [0, 0.05) is 30.4 Å². The summed E-state index contributed by atoms with van der Waals surface area (Å²) in [5, 5.41) is 8.89. The number of carboxylic acid groups (broad SMARTS) is 1. The van der Waals surface area contributed by atoms with Crippen molar-refractivity contribution in [3.8, 4) is 22.8 Å². The van der Waals surface area contributed by atoms with Gasteiger partial charge in [-0.25, -0.2) is 4.99 Å². The highest BCUT2D eigenvalue weighted by molar-refractivity contribution is 6.13. The van der Waals surface area contributed by atoms with E-state index in [1.165, 1.54) is 0 Å². The lowest BCUT2D eigenvalue weighted by molar-refractivity contribution is -0.577. The van der Waals surface area contributed by atoms with Crippen LogP contribution in [0.3, 0.4) is 0 Å². The Morgan fingerprint density at radius 1 is 0.846 bits per heavy atom. The fourth-order valence-corrected chi connectivity index (χ4v) is 4.57. The molecule has 0 N–H and O–H groups in total. The molecule has 39 heavy (non-hydrogen) atoms. The van der Waals surface area contributed by atoms with Gasteiger partial charge in [0.15, 0.2) is 6.20 Å². The van der Waals surface area contributed by atoms with E-state index >= 15 is 0 Å². The van der Waals surface area contributed by atoms with Crippen molar-refractivity contribution in [1.82, 2.24) is 4.40 Å². The average molecular weight is 518 g/mol. The highest BCUT2D eigenvalue weighted by Gasteiger charge is 2.30. The molecule has 0 fully saturated rings. The molecule has 1 aliphatic rings. The number of fused-ring (bicyclic) bond motifs is 2. The Kier molecular flexibility index (Phi) is 7.23. The molecular weight excluding hydrogens is 490 g/mol. The van der Waals surface area contributed by atoms with E-state index in [1.807, 2.05) is 54.6 Å². The number of allylic oxidation sites excluding steroid dienone is 1. The molecular formula is C32H27N3O4. The third-order valence-electron chi connectivity index (χ3n) is 6.30. The highest BCUT2D eigenvalue weighted by Crippen LogP contribution is 2.33. The lowest BCUT2D eigenvalue weighted by Crippen LogP contribution is -2.34. The van der Waals surface area contributed by atoms with Gasteiger partial charge in [0.2, 0.25) is 11.4 Å². The van der Waals surface area contributed by atoms with Crippen LogP contribution in [0.4, 0.5) is 5.69 Å². The van der Waals surface area contributed by atoms with E-state index in [-0.39, 0.29) is 0 Å². The quantitative estimate of drug-likeness (QED) is 0.317. The first-order valence-corrected chi connectivity index (χ1v) is 12.4. The van der Waals surface area contributed by atoms with Gasteiger partial charge in [0.25, 0.3) is 0 Å². The van der Waals surface area contributed by atoms with E-state index in [9.17, 15) is 0 Å². The summed E-state index contributed by atoms with van der Waals surface area (Å²) in [4.78, 5) is 14.1. The van der Waals surface area contributed by atoms with Gasteiger partial charge in [-0.1, -0.05) is 12.1 Å². The monoisotopic (exact) mass is 517 g/mol. The molecule has 7 nitrogen and oxygen atoms in total. The minimum Gasteiger partial charge on any atom is -0.550 e. The third-order valence-corrected chi connectivity index (χ3v) is 6.30. The summed E-state index contributed by atoms with van der Waals surface area (Å²) in [5.41, 5.74) is 8.27. The summed E-state index contributed by atoms with van der Waals surface area (Å²) >= 11 is 0. The van der Waals surface area contributed by atoms with Gasteiger partial charge < -0.3 is 23.8 Å². The minimum absolute atomic E-state index is 0.828. The maximum absolute atomic E-state index is 8.89. The van der Waals surface area contributed by atoms with Crippen molar-refractivity contribution < 1.29 is 23.9 Å². The molecule has 0 spiro atoms. The molecule has 194 valence electrons. The molecule has 0 atom stereocenters. The number of carboxylic acids is 1. The number of nitrogens with zero attached hydrogens (tertiary/aromatic N) is 3.